The van der Waals surface area contributed by atoms with E-state index in [1.165, 1.54) is 5.56 Å². The number of benzene rings is 1. The van der Waals surface area contributed by atoms with Crippen LogP contribution in [0, 0.1) is 0 Å². The van der Waals surface area contributed by atoms with Gasteiger partial charge in [0, 0.05) is 11.8 Å². The Hall–Kier alpha value is -1.00. The fraction of sp³-hybridized carbons (Fsp3) is 0.588. The molecule has 116 valence electrons. The van der Waals surface area contributed by atoms with E-state index in [-0.39, 0.29) is 18.1 Å². The zero-order chi connectivity index (χ0) is 15.2. The van der Waals surface area contributed by atoms with Crippen molar-refractivity contribution in [1.29, 1.82) is 0 Å². The van der Waals surface area contributed by atoms with Gasteiger partial charge in [-0.1, -0.05) is 37.3 Å². The van der Waals surface area contributed by atoms with Gasteiger partial charge < -0.3 is 4.90 Å². The van der Waals surface area contributed by atoms with E-state index in [9.17, 15) is 4.79 Å². The number of carbonyl (C=O) groups excluding carboxylic acids is 1. The van der Waals surface area contributed by atoms with Crippen molar-refractivity contribution in [1.82, 2.24) is 10.2 Å². The Kier molecular flexibility index (Phi) is 6.12. The zero-order valence-electron chi connectivity index (χ0n) is 13.2. The highest BCUT2D eigenvalue weighted by atomic mass is 32.2. The minimum atomic E-state index is -0.0233. The number of aryl methyl sites for hydroxylation is 1. The Morgan fingerprint density at radius 2 is 2.05 bits per heavy atom. The van der Waals surface area contributed by atoms with Crippen molar-refractivity contribution in [3.05, 3.63) is 35.9 Å². The summed E-state index contributed by atoms with van der Waals surface area (Å²) in [5.74, 6) is 0.270. The van der Waals surface area contributed by atoms with Crippen molar-refractivity contribution in [3.8, 4) is 0 Å². The topological polar surface area (TPSA) is 32.3 Å². The molecule has 1 aliphatic rings. The molecule has 1 fully saturated rings. The van der Waals surface area contributed by atoms with Crippen molar-refractivity contribution in [2.75, 3.05) is 12.8 Å². The largest absolute Gasteiger partial charge is 0.326 e. The number of amides is 1. The SMILES string of the molecule is CSC(C)CCN1C(=O)C(CCc2ccccc2)NC1C. The molecule has 1 N–H and O–H groups in total. The number of thioether (sulfide) groups is 1. The van der Waals surface area contributed by atoms with Gasteiger partial charge in [0.2, 0.25) is 5.91 Å². The summed E-state index contributed by atoms with van der Waals surface area (Å²) >= 11 is 1.86. The number of carbonyl (C=O) groups is 1. The predicted octanol–water partition coefficient (Wildman–Crippen LogP) is 2.91. The minimum Gasteiger partial charge on any atom is -0.326 e. The van der Waals surface area contributed by atoms with Crippen LogP contribution < -0.4 is 5.32 Å². The second-order valence-corrected chi connectivity index (χ2v) is 7.06. The molecular weight excluding hydrogens is 280 g/mol. The number of hydrogen-bond acceptors (Lipinski definition) is 3. The standard InChI is InChI=1S/C17H26N2OS/c1-13(21-3)11-12-19-14(2)18-16(17(19)20)10-9-15-7-5-4-6-8-15/h4-8,13-14,16,18H,9-12H2,1-3H3. The summed E-state index contributed by atoms with van der Waals surface area (Å²) in [5, 5.41) is 4.04. The first-order chi connectivity index (χ1) is 10.1. The van der Waals surface area contributed by atoms with Crippen LogP contribution in [0.4, 0.5) is 0 Å². The van der Waals surface area contributed by atoms with Crippen LogP contribution in [-0.2, 0) is 11.2 Å². The third-order valence-electron chi connectivity index (χ3n) is 4.23. The van der Waals surface area contributed by atoms with E-state index in [1.54, 1.807) is 0 Å². The summed E-state index contributed by atoms with van der Waals surface area (Å²) in [6.45, 7) is 5.16. The van der Waals surface area contributed by atoms with Crippen LogP contribution in [0.25, 0.3) is 0 Å². The van der Waals surface area contributed by atoms with Crippen molar-refractivity contribution >= 4 is 17.7 Å². The molecule has 0 spiro atoms. The molecule has 4 heteroatoms. The van der Waals surface area contributed by atoms with E-state index in [2.05, 4.69) is 49.7 Å². The summed E-state index contributed by atoms with van der Waals surface area (Å²) in [7, 11) is 0. The van der Waals surface area contributed by atoms with Gasteiger partial charge in [-0.25, -0.2) is 0 Å². The summed E-state index contributed by atoms with van der Waals surface area (Å²) in [5.41, 5.74) is 1.30. The van der Waals surface area contributed by atoms with Crippen LogP contribution in [0.2, 0.25) is 0 Å². The normalized spacial score (nSPS) is 23.6. The molecule has 3 nitrogen and oxygen atoms in total. The Labute approximate surface area is 132 Å². The van der Waals surface area contributed by atoms with Crippen molar-refractivity contribution in [3.63, 3.8) is 0 Å². The van der Waals surface area contributed by atoms with Crippen molar-refractivity contribution < 1.29 is 4.79 Å². The molecule has 2 rings (SSSR count). The van der Waals surface area contributed by atoms with Gasteiger partial charge in [0.1, 0.15) is 0 Å². The molecule has 1 heterocycles. The van der Waals surface area contributed by atoms with Crippen molar-refractivity contribution in [2.24, 2.45) is 0 Å². The molecule has 0 aliphatic carbocycles. The van der Waals surface area contributed by atoms with Crippen molar-refractivity contribution in [2.45, 2.75) is 50.6 Å². The van der Waals surface area contributed by atoms with E-state index < -0.39 is 0 Å². The lowest BCUT2D eigenvalue weighted by atomic mass is 10.1. The first-order valence-corrected chi connectivity index (χ1v) is 9.04. The van der Waals surface area contributed by atoms with Crippen LogP contribution in [0.1, 0.15) is 32.3 Å². The van der Waals surface area contributed by atoms with Gasteiger partial charge in [-0.05, 0) is 38.0 Å². The highest BCUT2D eigenvalue weighted by Crippen LogP contribution is 2.18. The molecule has 1 amide bonds. The molecule has 1 aromatic carbocycles. The smallest absolute Gasteiger partial charge is 0.241 e. The predicted molar refractivity (Wildman–Crippen MR) is 90.5 cm³/mol. The Bertz CT molecular complexity index is 451. The molecule has 0 bridgehead atoms. The molecular formula is C17H26N2OS. The average Bonchev–Trinajstić information content (AvgIpc) is 2.78. The van der Waals surface area contributed by atoms with Crippen LogP contribution in [0.15, 0.2) is 30.3 Å². The second-order valence-electron chi connectivity index (χ2n) is 5.79. The fourth-order valence-corrected chi connectivity index (χ4v) is 3.09. The number of nitrogens with one attached hydrogen (secondary N) is 1. The third kappa shape index (κ3) is 4.48. The first-order valence-electron chi connectivity index (χ1n) is 7.75. The second kappa shape index (κ2) is 7.85. The number of nitrogens with zero attached hydrogens (tertiary/aromatic N) is 1. The maximum absolute atomic E-state index is 12.5. The summed E-state index contributed by atoms with van der Waals surface area (Å²) in [6.07, 6.45) is 5.17. The molecule has 21 heavy (non-hydrogen) atoms. The molecule has 0 aromatic heterocycles. The molecule has 3 unspecified atom stereocenters. The lowest BCUT2D eigenvalue weighted by Gasteiger charge is -2.22. The summed E-state index contributed by atoms with van der Waals surface area (Å²) in [4.78, 5) is 14.5. The summed E-state index contributed by atoms with van der Waals surface area (Å²) in [6, 6.07) is 10.4. The quantitative estimate of drug-likeness (QED) is 0.840. The highest BCUT2D eigenvalue weighted by molar-refractivity contribution is 7.99. The molecule has 1 saturated heterocycles. The molecule has 3 atom stereocenters. The van der Waals surface area contributed by atoms with Gasteiger partial charge in [-0.15, -0.1) is 0 Å². The maximum atomic E-state index is 12.5. The lowest BCUT2D eigenvalue weighted by molar-refractivity contribution is -0.130. The monoisotopic (exact) mass is 306 g/mol. The van der Waals surface area contributed by atoms with Crippen LogP contribution in [0.3, 0.4) is 0 Å². The van der Waals surface area contributed by atoms with E-state index in [0.29, 0.717) is 5.25 Å². The van der Waals surface area contributed by atoms with Crippen LogP contribution in [0.5, 0.6) is 0 Å². The van der Waals surface area contributed by atoms with Crippen LogP contribution >= 0.6 is 11.8 Å². The first kappa shape index (κ1) is 16.4. The fourth-order valence-electron chi connectivity index (χ4n) is 2.75. The van der Waals surface area contributed by atoms with Crippen LogP contribution in [-0.4, -0.2) is 41.1 Å². The Morgan fingerprint density at radius 3 is 2.71 bits per heavy atom. The number of rotatable bonds is 7. The Morgan fingerprint density at radius 1 is 1.33 bits per heavy atom. The van der Waals surface area contributed by atoms with Gasteiger partial charge in [0.15, 0.2) is 0 Å². The number of hydrogen-bond donors (Lipinski definition) is 1. The third-order valence-corrected chi connectivity index (χ3v) is 5.27. The maximum Gasteiger partial charge on any atom is 0.241 e. The summed E-state index contributed by atoms with van der Waals surface area (Å²) < 4.78 is 0. The Balaban J connectivity index is 1.84. The molecule has 1 aliphatic heterocycles. The van der Waals surface area contributed by atoms with E-state index in [0.717, 1.165) is 25.8 Å². The van der Waals surface area contributed by atoms with Gasteiger partial charge in [-0.3, -0.25) is 10.1 Å². The zero-order valence-corrected chi connectivity index (χ0v) is 14.0. The van der Waals surface area contributed by atoms with Gasteiger partial charge in [-0.2, -0.15) is 11.8 Å². The highest BCUT2D eigenvalue weighted by Gasteiger charge is 2.35. The van der Waals surface area contributed by atoms with Gasteiger partial charge in [0.25, 0.3) is 0 Å². The lowest BCUT2D eigenvalue weighted by Crippen LogP contribution is -2.36. The molecule has 0 radical (unpaired) electrons. The van der Waals surface area contributed by atoms with E-state index in [4.69, 9.17) is 0 Å². The average molecular weight is 306 g/mol. The van der Waals surface area contributed by atoms with E-state index >= 15 is 0 Å². The van der Waals surface area contributed by atoms with Gasteiger partial charge in [0.05, 0.1) is 12.2 Å². The molecule has 1 aromatic rings. The van der Waals surface area contributed by atoms with Gasteiger partial charge >= 0.3 is 0 Å². The molecule has 0 saturated carbocycles. The minimum absolute atomic E-state index is 0.0233. The van der Waals surface area contributed by atoms with E-state index in [1.807, 2.05) is 22.7 Å².